The Bertz CT molecular complexity index is 187. The maximum absolute atomic E-state index is 2.72. The molecular weight excluding hydrogens is 186 g/mol. The first-order valence-corrected chi connectivity index (χ1v) is 6.37. The molecule has 2 heterocycles. The Morgan fingerprint density at radius 2 is 1.40 bits per heavy atom. The molecule has 0 aromatic carbocycles. The summed E-state index contributed by atoms with van der Waals surface area (Å²) in [7, 11) is 4.49. The third-order valence-corrected chi connectivity index (χ3v) is 3.98. The fraction of sp³-hybridized carbons (Fsp3) is 1.00. The van der Waals surface area contributed by atoms with E-state index >= 15 is 0 Å². The van der Waals surface area contributed by atoms with Crippen molar-refractivity contribution in [2.75, 3.05) is 53.4 Å². The van der Waals surface area contributed by atoms with Crippen molar-refractivity contribution >= 4 is 0 Å². The lowest BCUT2D eigenvalue weighted by Gasteiger charge is -2.37. The summed E-state index contributed by atoms with van der Waals surface area (Å²) in [5, 5.41) is 0. The predicted molar refractivity (Wildman–Crippen MR) is 64.2 cm³/mol. The van der Waals surface area contributed by atoms with E-state index in [4.69, 9.17) is 0 Å². The maximum Gasteiger partial charge on any atom is 0.0113 e. The van der Waals surface area contributed by atoms with Crippen LogP contribution >= 0.6 is 0 Å². The summed E-state index contributed by atoms with van der Waals surface area (Å²) in [6.07, 6.45) is 4.17. The van der Waals surface area contributed by atoms with Crippen molar-refractivity contribution < 1.29 is 0 Å². The molecule has 0 aromatic rings. The molecule has 0 amide bonds. The van der Waals surface area contributed by atoms with E-state index in [0.29, 0.717) is 0 Å². The van der Waals surface area contributed by atoms with Crippen LogP contribution in [0.3, 0.4) is 0 Å². The third kappa shape index (κ3) is 3.16. The first-order chi connectivity index (χ1) is 7.25. The van der Waals surface area contributed by atoms with Gasteiger partial charge < -0.3 is 9.80 Å². The molecule has 0 spiro atoms. The van der Waals surface area contributed by atoms with Gasteiger partial charge in [0.1, 0.15) is 0 Å². The van der Waals surface area contributed by atoms with Crippen LogP contribution in [0.15, 0.2) is 0 Å². The standard InChI is InChI=1S/C12H25N3/c1-13-6-3-4-12(5-7-13)15-10-8-14(2)9-11-15/h12H,3-11H2,1-2H3. The van der Waals surface area contributed by atoms with Crippen LogP contribution in [0, 0.1) is 0 Å². The summed E-state index contributed by atoms with van der Waals surface area (Å²) in [5.41, 5.74) is 0. The zero-order chi connectivity index (χ0) is 10.7. The van der Waals surface area contributed by atoms with Crippen molar-refractivity contribution in [1.29, 1.82) is 0 Å². The van der Waals surface area contributed by atoms with Crippen LogP contribution in [0.1, 0.15) is 19.3 Å². The van der Waals surface area contributed by atoms with Crippen molar-refractivity contribution in [3.63, 3.8) is 0 Å². The molecule has 3 nitrogen and oxygen atoms in total. The van der Waals surface area contributed by atoms with E-state index in [2.05, 4.69) is 28.8 Å². The van der Waals surface area contributed by atoms with Crippen molar-refractivity contribution in [2.24, 2.45) is 0 Å². The molecule has 0 aliphatic carbocycles. The Morgan fingerprint density at radius 1 is 0.733 bits per heavy atom. The highest BCUT2D eigenvalue weighted by Gasteiger charge is 2.23. The monoisotopic (exact) mass is 211 g/mol. The molecule has 1 atom stereocenters. The van der Waals surface area contributed by atoms with Crippen LogP contribution in [-0.2, 0) is 0 Å². The zero-order valence-electron chi connectivity index (χ0n) is 10.3. The number of piperazine rings is 1. The molecule has 0 aromatic heterocycles. The van der Waals surface area contributed by atoms with Crippen LogP contribution in [-0.4, -0.2) is 74.1 Å². The van der Waals surface area contributed by atoms with Gasteiger partial charge in [0.15, 0.2) is 0 Å². The third-order valence-electron chi connectivity index (χ3n) is 3.98. The smallest absolute Gasteiger partial charge is 0.0113 e. The van der Waals surface area contributed by atoms with Crippen LogP contribution in [0.4, 0.5) is 0 Å². The summed E-state index contributed by atoms with van der Waals surface area (Å²) in [6, 6.07) is 0.864. The normalized spacial score (nSPS) is 32.8. The second kappa shape index (κ2) is 5.28. The molecule has 1 unspecified atom stereocenters. The minimum absolute atomic E-state index is 0.864. The van der Waals surface area contributed by atoms with E-state index in [1.54, 1.807) is 0 Å². The summed E-state index contributed by atoms with van der Waals surface area (Å²) in [5.74, 6) is 0. The first kappa shape index (κ1) is 11.4. The highest BCUT2D eigenvalue weighted by molar-refractivity contribution is 4.80. The molecule has 2 fully saturated rings. The molecular formula is C12H25N3. The van der Waals surface area contributed by atoms with E-state index in [1.807, 2.05) is 0 Å². The quantitative estimate of drug-likeness (QED) is 0.633. The van der Waals surface area contributed by atoms with Gasteiger partial charge in [0, 0.05) is 32.2 Å². The molecule has 0 saturated carbocycles. The number of likely N-dealkylation sites (N-methyl/N-ethyl adjacent to an activating group) is 1. The lowest BCUT2D eigenvalue weighted by atomic mass is 10.1. The summed E-state index contributed by atoms with van der Waals surface area (Å²) < 4.78 is 0. The molecule has 2 saturated heterocycles. The van der Waals surface area contributed by atoms with Gasteiger partial charge in [-0.3, -0.25) is 4.90 Å². The predicted octanol–water partition coefficient (Wildman–Crippen LogP) is 0.718. The molecule has 0 radical (unpaired) electrons. The maximum atomic E-state index is 2.72. The second-order valence-corrected chi connectivity index (χ2v) is 5.23. The molecule has 2 rings (SSSR count). The number of rotatable bonds is 1. The lowest BCUT2D eigenvalue weighted by molar-refractivity contribution is 0.103. The van der Waals surface area contributed by atoms with Crippen molar-refractivity contribution in [1.82, 2.24) is 14.7 Å². The fourth-order valence-corrected chi connectivity index (χ4v) is 2.77. The molecule has 3 heteroatoms. The van der Waals surface area contributed by atoms with Crippen LogP contribution in [0.25, 0.3) is 0 Å². The Labute approximate surface area is 94.0 Å². The summed E-state index contributed by atoms with van der Waals surface area (Å²) in [6.45, 7) is 7.66. The highest BCUT2D eigenvalue weighted by atomic mass is 15.3. The Hall–Kier alpha value is -0.120. The summed E-state index contributed by atoms with van der Waals surface area (Å²) in [4.78, 5) is 7.65. The van der Waals surface area contributed by atoms with Gasteiger partial charge in [-0.2, -0.15) is 0 Å². The van der Waals surface area contributed by atoms with E-state index in [-0.39, 0.29) is 0 Å². The zero-order valence-corrected chi connectivity index (χ0v) is 10.3. The number of hydrogen-bond donors (Lipinski definition) is 0. The van der Waals surface area contributed by atoms with E-state index in [1.165, 1.54) is 58.5 Å². The molecule has 15 heavy (non-hydrogen) atoms. The van der Waals surface area contributed by atoms with Crippen LogP contribution in [0.5, 0.6) is 0 Å². The van der Waals surface area contributed by atoms with Crippen LogP contribution in [0.2, 0.25) is 0 Å². The van der Waals surface area contributed by atoms with Gasteiger partial charge in [-0.15, -0.1) is 0 Å². The molecule has 0 N–H and O–H groups in total. The fourth-order valence-electron chi connectivity index (χ4n) is 2.77. The van der Waals surface area contributed by atoms with Gasteiger partial charge in [-0.1, -0.05) is 0 Å². The van der Waals surface area contributed by atoms with Gasteiger partial charge in [0.25, 0.3) is 0 Å². The molecule has 2 aliphatic rings. The van der Waals surface area contributed by atoms with Gasteiger partial charge in [0.2, 0.25) is 0 Å². The number of likely N-dealkylation sites (tertiary alicyclic amines) is 1. The SMILES string of the molecule is CN1CCCC(N2CCN(C)CC2)CC1. The Morgan fingerprint density at radius 3 is 2.13 bits per heavy atom. The Balaban J connectivity index is 1.82. The minimum atomic E-state index is 0.864. The topological polar surface area (TPSA) is 9.72 Å². The van der Waals surface area contributed by atoms with Gasteiger partial charge in [-0.25, -0.2) is 0 Å². The molecule has 2 aliphatic heterocycles. The molecule has 88 valence electrons. The van der Waals surface area contributed by atoms with Crippen molar-refractivity contribution in [3.05, 3.63) is 0 Å². The van der Waals surface area contributed by atoms with E-state index in [0.717, 1.165) is 6.04 Å². The second-order valence-electron chi connectivity index (χ2n) is 5.23. The lowest BCUT2D eigenvalue weighted by Crippen LogP contribution is -2.49. The van der Waals surface area contributed by atoms with E-state index < -0.39 is 0 Å². The minimum Gasteiger partial charge on any atom is -0.306 e. The highest BCUT2D eigenvalue weighted by Crippen LogP contribution is 2.17. The van der Waals surface area contributed by atoms with E-state index in [9.17, 15) is 0 Å². The van der Waals surface area contributed by atoms with Gasteiger partial charge in [-0.05, 0) is 46.4 Å². The number of hydrogen-bond acceptors (Lipinski definition) is 3. The largest absolute Gasteiger partial charge is 0.306 e. The Kier molecular flexibility index (Phi) is 4.00. The number of nitrogens with zero attached hydrogens (tertiary/aromatic N) is 3. The first-order valence-electron chi connectivity index (χ1n) is 6.37. The van der Waals surface area contributed by atoms with Crippen molar-refractivity contribution in [3.8, 4) is 0 Å². The summed E-state index contributed by atoms with van der Waals surface area (Å²) >= 11 is 0. The van der Waals surface area contributed by atoms with Crippen molar-refractivity contribution in [2.45, 2.75) is 25.3 Å². The molecule has 0 bridgehead atoms. The average molecular weight is 211 g/mol. The average Bonchev–Trinajstić information content (AvgIpc) is 2.44. The van der Waals surface area contributed by atoms with Gasteiger partial charge in [0.05, 0.1) is 0 Å². The van der Waals surface area contributed by atoms with Gasteiger partial charge >= 0.3 is 0 Å². The van der Waals surface area contributed by atoms with Crippen LogP contribution < -0.4 is 0 Å².